The van der Waals surface area contributed by atoms with Crippen LogP contribution in [0.4, 0.5) is 5.69 Å². The van der Waals surface area contributed by atoms with Crippen LogP contribution in [0.15, 0.2) is 12.1 Å². The van der Waals surface area contributed by atoms with Gasteiger partial charge >= 0.3 is 0 Å². The predicted octanol–water partition coefficient (Wildman–Crippen LogP) is 1.84. The van der Waals surface area contributed by atoms with Crippen LogP contribution in [0.5, 0.6) is 0 Å². The smallest absolute Gasteiger partial charge is 0.225 e. The number of likely N-dealkylation sites (N-methyl/N-ethyl adjacent to an activating group) is 1. The molecule has 2 aliphatic heterocycles. The van der Waals surface area contributed by atoms with Gasteiger partial charge in [0.05, 0.1) is 24.8 Å². The molecular formula is C19H30N4O2. The summed E-state index contributed by atoms with van der Waals surface area (Å²) in [5.74, 6) is 0.175. The average molecular weight is 346 g/mol. The lowest BCUT2D eigenvalue weighted by atomic mass is 10.1. The monoisotopic (exact) mass is 346 g/mol. The largest absolute Gasteiger partial charge is 0.384 e. The van der Waals surface area contributed by atoms with E-state index in [1.54, 1.807) is 7.11 Å². The first-order valence-corrected chi connectivity index (χ1v) is 9.29. The number of piperazine rings is 1. The van der Waals surface area contributed by atoms with E-state index in [0.717, 1.165) is 57.0 Å². The topological polar surface area (TPSA) is 48.9 Å². The van der Waals surface area contributed by atoms with Crippen LogP contribution in [0, 0.1) is 6.92 Å². The minimum Gasteiger partial charge on any atom is -0.384 e. The van der Waals surface area contributed by atoms with Gasteiger partial charge in [0.1, 0.15) is 0 Å². The number of ether oxygens (including phenoxy) is 1. The number of carbonyl (C=O) groups is 1. The molecule has 2 saturated heterocycles. The number of aryl methyl sites for hydroxylation is 1. The molecule has 2 aliphatic rings. The fourth-order valence-corrected chi connectivity index (χ4v) is 3.80. The van der Waals surface area contributed by atoms with Crippen molar-refractivity contribution < 1.29 is 9.53 Å². The highest BCUT2D eigenvalue weighted by Crippen LogP contribution is 2.33. The maximum atomic E-state index is 12.5. The number of hydrogen-bond donors (Lipinski definition) is 0. The molecule has 1 amide bonds. The molecule has 0 saturated carbocycles. The fraction of sp³-hybridized carbons (Fsp3) is 0.684. The zero-order valence-corrected chi connectivity index (χ0v) is 15.7. The van der Waals surface area contributed by atoms with Crippen LogP contribution in [0.25, 0.3) is 0 Å². The van der Waals surface area contributed by atoms with Gasteiger partial charge in [-0.1, -0.05) is 0 Å². The maximum Gasteiger partial charge on any atom is 0.225 e. The van der Waals surface area contributed by atoms with Crippen molar-refractivity contribution in [1.29, 1.82) is 0 Å². The van der Waals surface area contributed by atoms with Crippen LogP contribution in [0.3, 0.4) is 0 Å². The van der Waals surface area contributed by atoms with E-state index in [4.69, 9.17) is 9.72 Å². The zero-order chi connectivity index (χ0) is 17.8. The van der Waals surface area contributed by atoms with Crippen molar-refractivity contribution in [3.05, 3.63) is 23.5 Å². The molecule has 6 nitrogen and oxygen atoms in total. The van der Waals surface area contributed by atoms with Crippen LogP contribution < -0.4 is 4.90 Å². The minimum atomic E-state index is 0.107. The van der Waals surface area contributed by atoms with Crippen LogP contribution in [-0.2, 0) is 9.53 Å². The lowest BCUT2D eigenvalue weighted by molar-refractivity contribution is -0.133. The number of nitrogens with zero attached hydrogens (tertiary/aromatic N) is 4. The van der Waals surface area contributed by atoms with Gasteiger partial charge in [0, 0.05) is 51.2 Å². The Labute approximate surface area is 150 Å². The van der Waals surface area contributed by atoms with Gasteiger partial charge in [-0.2, -0.15) is 0 Å². The first-order chi connectivity index (χ1) is 12.1. The maximum absolute atomic E-state index is 12.5. The summed E-state index contributed by atoms with van der Waals surface area (Å²) >= 11 is 0. The Bertz CT molecular complexity index is 599. The van der Waals surface area contributed by atoms with Crippen molar-refractivity contribution in [2.45, 2.75) is 32.2 Å². The third kappa shape index (κ3) is 4.30. The summed E-state index contributed by atoms with van der Waals surface area (Å²) in [7, 11) is 3.81. The Morgan fingerprint density at radius 1 is 1.24 bits per heavy atom. The van der Waals surface area contributed by atoms with Crippen LogP contribution in [-0.4, -0.2) is 74.2 Å². The van der Waals surface area contributed by atoms with E-state index >= 15 is 0 Å². The van der Waals surface area contributed by atoms with Gasteiger partial charge in [-0.3, -0.25) is 9.78 Å². The molecule has 2 fully saturated rings. The Hall–Kier alpha value is -1.66. The first-order valence-electron chi connectivity index (χ1n) is 9.29. The lowest BCUT2D eigenvalue weighted by Gasteiger charge is -2.34. The molecule has 0 aliphatic carbocycles. The summed E-state index contributed by atoms with van der Waals surface area (Å²) < 4.78 is 5.07. The molecule has 0 bridgehead atoms. The van der Waals surface area contributed by atoms with Gasteiger partial charge in [0.2, 0.25) is 5.91 Å². The second-order valence-corrected chi connectivity index (χ2v) is 7.17. The molecule has 1 aromatic rings. The van der Waals surface area contributed by atoms with E-state index in [2.05, 4.69) is 35.9 Å². The molecule has 0 spiro atoms. The number of pyridine rings is 1. The molecule has 1 aromatic heterocycles. The van der Waals surface area contributed by atoms with E-state index < -0.39 is 0 Å². The summed E-state index contributed by atoms with van der Waals surface area (Å²) in [5.41, 5.74) is 3.31. The van der Waals surface area contributed by atoms with E-state index in [9.17, 15) is 4.79 Å². The summed E-state index contributed by atoms with van der Waals surface area (Å²) in [6.07, 6.45) is 2.49. The SMILES string of the molecule is COCCC(=O)N1CCC[C@H]1c1cc(N2CCN(C)CC2)cc(C)n1. The molecule has 3 heterocycles. The predicted molar refractivity (Wildman–Crippen MR) is 98.9 cm³/mol. The average Bonchev–Trinajstić information content (AvgIpc) is 3.09. The van der Waals surface area contributed by atoms with E-state index in [0.29, 0.717) is 13.0 Å². The highest BCUT2D eigenvalue weighted by molar-refractivity contribution is 5.77. The highest BCUT2D eigenvalue weighted by Gasteiger charge is 2.31. The van der Waals surface area contributed by atoms with Crippen molar-refractivity contribution in [2.24, 2.45) is 0 Å². The second-order valence-electron chi connectivity index (χ2n) is 7.17. The number of rotatable bonds is 5. The molecular weight excluding hydrogens is 316 g/mol. The standard InChI is InChI=1S/C19H30N4O2/c1-15-13-16(22-10-8-21(2)9-11-22)14-17(20-15)18-5-4-7-23(18)19(24)6-12-25-3/h13-14,18H,4-12H2,1-3H3/t18-/m0/s1. The molecule has 138 valence electrons. The van der Waals surface area contributed by atoms with Gasteiger partial charge in [-0.15, -0.1) is 0 Å². The number of anilines is 1. The summed E-state index contributed by atoms with van der Waals surface area (Å²) in [5, 5.41) is 0. The third-order valence-electron chi connectivity index (χ3n) is 5.26. The van der Waals surface area contributed by atoms with Crippen LogP contribution >= 0.6 is 0 Å². The van der Waals surface area contributed by atoms with E-state index in [-0.39, 0.29) is 11.9 Å². The van der Waals surface area contributed by atoms with Gasteiger partial charge in [-0.05, 0) is 38.9 Å². The third-order valence-corrected chi connectivity index (χ3v) is 5.26. The molecule has 0 aromatic carbocycles. The van der Waals surface area contributed by atoms with Crippen LogP contribution in [0.2, 0.25) is 0 Å². The van der Waals surface area contributed by atoms with Crippen molar-refractivity contribution in [3.8, 4) is 0 Å². The second kappa shape index (κ2) is 8.15. The van der Waals surface area contributed by atoms with Crippen LogP contribution in [0.1, 0.15) is 36.7 Å². The summed E-state index contributed by atoms with van der Waals surface area (Å²) in [6, 6.07) is 4.47. The highest BCUT2D eigenvalue weighted by atomic mass is 16.5. The molecule has 1 atom stereocenters. The Balaban J connectivity index is 1.78. The van der Waals surface area contributed by atoms with E-state index in [1.165, 1.54) is 5.69 Å². The summed E-state index contributed by atoms with van der Waals surface area (Å²) in [6.45, 7) is 7.61. The number of aromatic nitrogens is 1. The minimum absolute atomic E-state index is 0.107. The molecule has 3 rings (SSSR count). The number of methoxy groups -OCH3 is 1. The summed E-state index contributed by atoms with van der Waals surface area (Å²) in [4.78, 5) is 24.1. The normalized spacial score (nSPS) is 21.8. The van der Waals surface area contributed by atoms with Gasteiger partial charge in [0.15, 0.2) is 0 Å². The molecule has 0 unspecified atom stereocenters. The molecule has 25 heavy (non-hydrogen) atoms. The van der Waals surface area contributed by atoms with Gasteiger partial charge in [0.25, 0.3) is 0 Å². The Kier molecular flexibility index (Phi) is 5.91. The van der Waals surface area contributed by atoms with E-state index in [1.807, 2.05) is 4.90 Å². The van der Waals surface area contributed by atoms with Gasteiger partial charge in [-0.25, -0.2) is 0 Å². The zero-order valence-electron chi connectivity index (χ0n) is 15.7. The van der Waals surface area contributed by atoms with Crippen molar-refractivity contribution >= 4 is 11.6 Å². The molecule has 0 radical (unpaired) electrons. The number of hydrogen-bond acceptors (Lipinski definition) is 5. The molecule has 6 heteroatoms. The van der Waals surface area contributed by atoms with Crippen molar-refractivity contribution in [2.75, 3.05) is 58.4 Å². The van der Waals surface area contributed by atoms with Gasteiger partial charge < -0.3 is 19.4 Å². The Morgan fingerprint density at radius 2 is 2.00 bits per heavy atom. The first kappa shape index (κ1) is 18.1. The van der Waals surface area contributed by atoms with Crippen molar-refractivity contribution in [1.82, 2.24) is 14.8 Å². The number of amides is 1. The quantitative estimate of drug-likeness (QED) is 0.814. The Morgan fingerprint density at radius 3 is 2.72 bits per heavy atom. The number of carbonyl (C=O) groups excluding carboxylic acids is 1. The lowest BCUT2D eigenvalue weighted by Crippen LogP contribution is -2.44. The number of likely N-dealkylation sites (tertiary alicyclic amines) is 1. The van der Waals surface area contributed by atoms with Crippen molar-refractivity contribution in [3.63, 3.8) is 0 Å². The molecule has 0 N–H and O–H groups in total. The fourth-order valence-electron chi connectivity index (χ4n) is 3.80.